The second-order valence-electron chi connectivity index (χ2n) is 3.40. The van der Waals surface area contributed by atoms with Crippen LogP contribution in [0.15, 0.2) is 24.3 Å². The van der Waals surface area contributed by atoms with Crippen molar-refractivity contribution in [2.45, 2.75) is 32.6 Å². The number of hydrogen-bond donors (Lipinski definition) is 1. The Kier molecular flexibility index (Phi) is 4.68. The normalized spacial score (nSPS) is 9.93. The van der Waals surface area contributed by atoms with Crippen molar-refractivity contribution < 1.29 is 14.6 Å². The molecule has 0 aromatic heterocycles. The second kappa shape index (κ2) is 6.06. The summed E-state index contributed by atoms with van der Waals surface area (Å²) in [6.45, 7) is 2.08. The predicted octanol–water partition coefficient (Wildman–Crippen LogP) is 2.88. The Balaban J connectivity index is 2.41. The Morgan fingerprint density at radius 2 is 2.07 bits per heavy atom. The van der Waals surface area contributed by atoms with Gasteiger partial charge in [0.15, 0.2) is 11.5 Å². The van der Waals surface area contributed by atoms with Crippen LogP contribution in [0, 0.1) is 0 Å². The Morgan fingerprint density at radius 3 is 2.73 bits per heavy atom. The van der Waals surface area contributed by atoms with Gasteiger partial charge in [-0.15, -0.1) is 0 Å². The van der Waals surface area contributed by atoms with E-state index >= 15 is 0 Å². The van der Waals surface area contributed by atoms with Crippen molar-refractivity contribution in [3.8, 4) is 11.5 Å². The summed E-state index contributed by atoms with van der Waals surface area (Å²) >= 11 is 0. The number of rotatable bonds is 5. The summed E-state index contributed by atoms with van der Waals surface area (Å²) in [6.07, 6.45) is 3.34. The highest BCUT2D eigenvalue weighted by Gasteiger charge is 2.07. The fourth-order valence-electron chi connectivity index (χ4n) is 1.24. The zero-order valence-electron chi connectivity index (χ0n) is 8.90. The highest BCUT2D eigenvalue weighted by Crippen LogP contribution is 2.24. The maximum atomic E-state index is 11.3. The molecule has 3 nitrogen and oxygen atoms in total. The number of ether oxygens (including phenoxy) is 1. The third kappa shape index (κ3) is 4.02. The summed E-state index contributed by atoms with van der Waals surface area (Å²) in [7, 11) is 0. The van der Waals surface area contributed by atoms with Gasteiger partial charge in [-0.3, -0.25) is 4.79 Å². The molecule has 1 rings (SSSR count). The first-order valence-corrected chi connectivity index (χ1v) is 5.22. The van der Waals surface area contributed by atoms with Crippen LogP contribution < -0.4 is 4.74 Å². The number of phenols is 1. The maximum Gasteiger partial charge on any atom is 0.311 e. The first kappa shape index (κ1) is 11.6. The number of phenolic OH excluding ortho intramolecular Hbond substituents is 1. The van der Waals surface area contributed by atoms with Gasteiger partial charge in [-0.2, -0.15) is 0 Å². The minimum Gasteiger partial charge on any atom is -0.504 e. The standard InChI is InChI=1S/C12H16O3/c1-2-3-4-9-12(14)15-11-8-6-5-7-10(11)13/h5-8,13H,2-4,9H2,1H3. The zero-order chi connectivity index (χ0) is 11.1. The molecule has 3 heteroatoms. The van der Waals surface area contributed by atoms with E-state index in [2.05, 4.69) is 6.92 Å². The molecule has 1 N–H and O–H groups in total. The minimum absolute atomic E-state index is 0.00124. The molecule has 0 aliphatic rings. The van der Waals surface area contributed by atoms with Gasteiger partial charge in [0, 0.05) is 6.42 Å². The quantitative estimate of drug-likeness (QED) is 0.459. The van der Waals surface area contributed by atoms with Gasteiger partial charge in [0.25, 0.3) is 0 Å². The summed E-state index contributed by atoms with van der Waals surface area (Å²) in [6, 6.07) is 6.47. The Bertz CT molecular complexity index is 320. The predicted molar refractivity (Wildman–Crippen MR) is 57.9 cm³/mol. The van der Waals surface area contributed by atoms with E-state index in [1.165, 1.54) is 6.07 Å². The van der Waals surface area contributed by atoms with Crippen molar-refractivity contribution in [1.82, 2.24) is 0 Å². The number of esters is 1. The molecule has 0 unspecified atom stereocenters. The lowest BCUT2D eigenvalue weighted by Crippen LogP contribution is -2.07. The van der Waals surface area contributed by atoms with Crippen LogP contribution in [0.1, 0.15) is 32.6 Å². The average molecular weight is 208 g/mol. The zero-order valence-corrected chi connectivity index (χ0v) is 8.90. The molecule has 0 saturated heterocycles. The summed E-state index contributed by atoms with van der Waals surface area (Å²) in [5.74, 6) is -0.0507. The molecule has 0 radical (unpaired) electrons. The Labute approximate surface area is 89.7 Å². The van der Waals surface area contributed by atoms with Crippen LogP contribution in [-0.4, -0.2) is 11.1 Å². The first-order chi connectivity index (χ1) is 7.24. The van der Waals surface area contributed by atoms with Crippen LogP contribution in [0.5, 0.6) is 11.5 Å². The van der Waals surface area contributed by atoms with Gasteiger partial charge in [0.2, 0.25) is 0 Å². The van der Waals surface area contributed by atoms with E-state index in [0.29, 0.717) is 6.42 Å². The van der Waals surface area contributed by atoms with Crippen LogP contribution >= 0.6 is 0 Å². The van der Waals surface area contributed by atoms with E-state index in [-0.39, 0.29) is 17.5 Å². The Hall–Kier alpha value is -1.51. The SMILES string of the molecule is CCCCCC(=O)Oc1ccccc1O. The number of benzene rings is 1. The number of carbonyl (C=O) groups excluding carboxylic acids is 1. The molecule has 0 aliphatic carbocycles. The summed E-state index contributed by atoms with van der Waals surface area (Å²) < 4.78 is 5.00. The summed E-state index contributed by atoms with van der Waals surface area (Å²) in [4.78, 5) is 11.3. The highest BCUT2D eigenvalue weighted by atomic mass is 16.5. The molecule has 0 atom stereocenters. The van der Waals surface area contributed by atoms with E-state index in [9.17, 15) is 9.90 Å². The van der Waals surface area contributed by atoms with Crippen molar-refractivity contribution in [3.63, 3.8) is 0 Å². The molecule has 0 bridgehead atoms. The topological polar surface area (TPSA) is 46.5 Å². The molecular weight excluding hydrogens is 192 g/mol. The summed E-state index contributed by atoms with van der Waals surface area (Å²) in [5.41, 5.74) is 0. The third-order valence-electron chi connectivity index (χ3n) is 2.07. The molecule has 82 valence electrons. The molecule has 0 aliphatic heterocycles. The van der Waals surface area contributed by atoms with Crippen molar-refractivity contribution in [3.05, 3.63) is 24.3 Å². The number of hydrogen-bond acceptors (Lipinski definition) is 3. The van der Waals surface area contributed by atoms with E-state index in [1.54, 1.807) is 18.2 Å². The number of unbranched alkanes of at least 4 members (excludes halogenated alkanes) is 2. The largest absolute Gasteiger partial charge is 0.504 e. The average Bonchev–Trinajstić information content (AvgIpc) is 2.22. The van der Waals surface area contributed by atoms with Crippen molar-refractivity contribution in [1.29, 1.82) is 0 Å². The van der Waals surface area contributed by atoms with E-state index in [0.717, 1.165) is 19.3 Å². The molecule has 0 spiro atoms. The maximum absolute atomic E-state index is 11.3. The van der Waals surface area contributed by atoms with Crippen LogP contribution in [0.4, 0.5) is 0 Å². The van der Waals surface area contributed by atoms with E-state index < -0.39 is 0 Å². The second-order valence-corrected chi connectivity index (χ2v) is 3.40. The van der Waals surface area contributed by atoms with E-state index in [4.69, 9.17) is 4.74 Å². The number of carbonyl (C=O) groups is 1. The van der Waals surface area contributed by atoms with Crippen LogP contribution in [-0.2, 0) is 4.79 Å². The smallest absolute Gasteiger partial charge is 0.311 e. The molecule has 1 aromatic carbocycles. The number of para-hydroxylation sites is 2. The molecule has 0 fully saturated rings. The van der Waals surface area contributed by atoms with Gasteiger partial charge in [0.1, 0.15) is 0 Å². The van der Waals surface area contributed by atoms with Gasteiger partial charge in [-0.05, 0) is 18.6 Å². The molecule has 15 heavy (non-hydrogen) atoms. The lowest BCUT2D eigenvalue weighted by Gasteiger charge is -2.05. The fraction of sp³-hybridized carbons (Fsp3) is 0.417. The molecule has 0 amide bonds. The Morgan fingerprint density at radius 1 is 1.33 bits per heavy atom. The molecular formula is C12H16O3. The van der Waals surface area contributed by atoms with Gasteiger partial charge >= 0.3 is 5.97 Å². The first-order valence-electron chi connectivity index (χ1n) is 5.22. The van der Waals surface area contributed by atoms with Gasteiger partial charge in [-0.1, -0.05) is 31.9 Å². The molecule has 0 saturated carbocycles. The van der Waals surface area contributed by atoms with Crippen LogP contribution in [0.2, 0.25) is 0 Å². The van der Waals surface area contributed by atoms with Gasteiger partial charge in [-0.25, -0.2) is 0 Å². The molecule has 1 aromatic rings. The van der Waals surface area contributed by atoms with Crippen molar-refractivity contribution in [2.75, 3.05) is 0 Å². The van der Waals surface area contributed by atoms with Crippen molar-refractivity contribution >= 4 is 5.97 Å². The third-order valence-corrected chi connectivity index (χ3v) is 2.07. The monoisotopic (exact) mass is 208 g/mol. The lowest BCUT2D eigenvalue weighted by atomic mass is 10.2. The molecule has 0 heterocycles. The highest BCUT2D eigenvalue weighted by molar-refractivity contribution is 5.73. The van der Waals surface area contributed by atoms with Gasteiger partial charge in [0.05, 0.1) is 0 Å². The minimum atomic E-state index is -0.287. The fourth-order valence-corrected chi connectivity index (χ4v) is 1.24. The van der Waals surface area contributed by atoms with Gasteiger partial charge < -0.3 is 9.84 Å². The summed E-state index contributed by atoms with van der Waals surface area (Å²) in [5, 5.41) is 9.35. The van der Waals surface area contributed by atoms with Crippen LogP contribution in [0.3, 0.4) is 0 Å². The van der Waals surface area contributed by atoms with Crippen molar-refractivity contribution in [2.24, 2.45) is 0 Å². The van der Waals surface area contributed by atoms with E-state index in [1.807, 2.05) is 0 Å². The van der Waals surface area contributed by atoms with Crippen LogP contribution in [0.25, 0.3) is 0 Å². The number of aromatic hydroxyl groups is 1. The lowest BCUT2D eigenvalue weighted by molar-refractivity contribution is -0.134.